The Balaban J connectivity index is 2.28. The molecule has 0 aliphatic heterocycles. The van der Waals surface area contributed by atoms with E-state index in [4.69, 9.17) is 10.6 Å². The number of aliphatic hydroxyl groups is 1. The lowest BCUT2D eigenvalue weighted by Gasteiger charge is -2.09. The van der Waals surface area contributed by atoms with Gasteiger partial charge in [0.05, 0.1) is 6.61 Å². The molecule has 0 aromatic carbocycles. The van der Waals surface area contributed by atoms with E-state index in [0.717, 1.165) is 18.5 Å². The molecule has 0 bridgehead atoms. The van der Waals surface area contributed by atoms with E-state index in [1.54, 1.807) is 0 Å². The highest BCUT2D eigenvalue weighted by molar-refractivity contribution is 5.29. The Morgan fingerprint density at radius 2 is 2.33 bits per heavy atom. The van der Waals surface area contributed by atoms with Gasteiger partial charge in [-0.1, -0.05) is 5.11 Å². The summed E-state index contributed by atoms with van der Waals surface area (Å²) >= 11 is 0. The molecule has 0 saturated carbocycles. The lowest BCUT2D eigenvalue weighted by atomic mass is 9.98. The van der Waals surface area contributed by atoms with Gasteiger partial charge in [-0.15, -0.1) is 0 Å². The molecular weight excluding hydrogens is 192 g/mol. The van der Waals surface area contributed by atoms with Gasteiger partial charge in [0.15, 0.2) is 0 Å². The second kappa shape index (κ2) is 4.38. The van der Waals surface area contributed by atoms with Crippen LogP contribution in [0.1, 0.15) is 35.8 Å². The molecular formula is C10H14N4O. The largest absolute Gasteiger partial charge is 0.396 e. The number of aliphatic hydroxyl groups excluding tert-OH is 1. The number of H-pyrrole nitrogens is 1. The lowest BCUT2D eigenvalue weighted by Crippen LogP contribution is -2.01. The maximum Gasteiger partial charge on any atom is 0.101 e. The highest BCUT2D eigenvalue weighted by Gasteiger charge is 2.16. The van der Waals surface area contributed by atoms with Gasteiger partial charge in [-0.05, 0) is 42.8 Å². The van der Waals surface area contributed by atoms with E-state index in [9.17, 15) is 0 Å². The van der Waals surface area contributed by atoms with Crippen LogP contribution in [0.5, 0.6) is 0 Å². The summed E-state index contributed by atoms with van der Waals surface area (Å²) in [5.41, 5.74) is 11.7. The van der Waals surface area contributed by atoms with Crippen molar-refractivity contribution in [1.82, 2.24) is 4.98 Å². The molecule has 15 heavy (non-hydrogen) atoms. The molecule has 0 radical (unpaired) electrons. The normalized spacial score (nSPS) is 16.6. The average Bonchev–Trinajstić information content (AvgIpc) is 2.69. The number of rotatable bonds is 3. The number of fused-ring (bicyclic) bond motifs is 1. The number of aromatic amines is 1. The first kappa shape index (κ1) is 10.1. The summed E-state index contributed by atoms with van der Waals surface area (Å²) < 4.78 is 0. The Morgan fingerprint density at radius 1 is 1.53 bits per heavy atom. The topological polar surface area (TPSA) is 84.8 Å². The maximum atomic E-state index is 9.09. The fourth-order valence-electron chi connectivity index (χ4n) is 2.07. The van der Waals surface area contributed by atoms with Crippen LogP contribution in [0.3, 0.4) is 0 Å². The summed E-state index contributed by atoms with van der Waals surface area (Å²) in [7, 11) is 0. The van der Waals surface area contributed by atoms with Gasteiger partial charge in [0.2, 0.25) is 0 Å². The number of aromatic nitrogens is 1. The predicted molar refractivity (Wildman–Crippen MR) is 56.4 cm³/mol. The van der Waals surface area contributed by atoms with Crippen molar-refractivity contribution in [2.24, 2.45) is 5.11 Å². The van der Waals surface area contributed by atoms with Crippen LogP contribution in [-0.4, -0.2) is 16.7 Å². The van der Waals surface area contributed by atoms with E-state index in [2.05, 4.69) is 15.0 Å². The molecule has 0 amide bonds. The van der Waals surface area contributed by atoms with E-state index in [0.29, 0.717) is 0 Å². The maximum absolute atomic E-state index is 9.09. The number of hydrogen-bond donors (Lipinski definition) is 2. The lowest BCUT2D eigenvalue weighted by molar-refractivity contribution is 0.266. The van der Waals surface area contributed by atoms with Gasteiger partial charge >= 0.3 is 0 Å². The summed E-state index contributed by atoms with van der Waals surface area (Å²) in [5.74, 6) is 0. The highest BCUT2D eigenvalue weighted by Crippen LogP contribution is 2.25. The smallest absolute Gasteiger partial charge is 0.101 e. The standard InChI is InChI=1S/C10H14N4O/c11-14-13-10(6-15)9-5-7-3-1-2-4-8(7)12-9/h5,10,12,15H,1-4,6H2. The number of nitrogens with one attached hydrogen (secondary N) is 1. The second-order valence-corrected chi connectivity index (χ2v) is 3.84. The Labute approximate surface area is 87.8 Å². The molecule has 2 N–H and O–H groups in total. The molecule has 1 aliphatic rings. The van der Waals surface area contributed by atoms with Crippen molar-refractivity contribution < 1.29 is 5.11 Å². The number of azide groups is 1. The summed E-state index contributed by atoms with van der Waals surface area (Å²) in [6.07, 6.45) is 4.57. The Morgan fingerprint density at radius 3 is 3.00 bits per heavy atom. The van der Waals surface area contributed by atoms with Crippen molar-refractivity contribution >= 4 is 0 Å². The molecule has 0 fully saturated rings. The molecule has 1 aliphatic carbocycles. The summed E-state index contributed by atoms with van der Waals surface area (Å²) in [6.45, 7) is -0.149. The van der Waals surface area contributed by atoms with Gasteiger partial charge in [0.25, 0.3) is 0 Å². The summed E-state index contributed by atoms with van der Waals surface area (Å²) in [6, 6.07) is 1.55. The van der Waals surface area contributed by atoms with Crippen LogP contribution in [0.4, 0.5) is 0 Å². The minimum atomic E-state index is -0.472. The van der Waals surface area contributed by atoms with Crippen molar-refractivity contribution in [1.29, 1.82) is 0 Å². The van der Waals surface area contributed by atoms with Gasteiger partial charge in [0.1, 0.15) is 6.04 Å². The van der Waals surface area contributed by atoms with Crippen molar-refractivity contribution in [3.8, 4) is 0 Å². The molecule has 5 nitrogen and oxygen atoms in total. The monoisotopic (exact) mass is 206 g/mol. The molecule has 0 spiro atoms. The first-order valence-electron chi connectivity index (χ1n) is 5.21. The molecule has 1 unspecified atom stereocenters. The van der Waals surface area contributed by atoms with Crippen LogP contribution in [0.15, 0.2) is 11.2 Å². The zero-order chi connectivity index (χ0) is 10.7. The summed E-state index contributed by atoms with van der Waals surface area (Å²) in [4.78, 5) is 5.98. The second-order valence-electron chi connectivity index (χ2n) is 3.84. The average molecular weight is 206 g/mol. The van der Waals surface area contributed by atoms with E-state index >= 15 is 0 Å². The highest BCUT2D eigenvalue weighted by atomic mass is 16.3. The first-order valence-corrected chi connectivity index (χ1v) is 5.21. The number of aryl methyl sites for hydroxylation is 2. The molecule has 0 saturated heterocycles. The minimum absolute atomic E-state index is 0.149. The molecule has 1 aromatic rings. The molecule has 1 aromatic heterocycles. The van der Waals surface area contributed by atoms with Gasteiger partial charge < -0.3 is 10.1 Å². The van der Waals surface area contributed by atoms with Crippen molar-refractivity contribution in [2.75, 3.05) is 6.61 Å². The third kappa shape index (κ3) is 1.98. The number of nitrogens with zero attached hydrogens (tertiary/aromatic N) is 3. The molecule has 2 rings (SSSR count). The Bertz CT molecular complexity index is 369. The SMILES string of the molecule is [N-]=[N+]=NC(CO)c1cc2c([nH]1)CCCC2. The van der Waals surface area contributed by atoms with Crippen molar-refractivity contribution in [3.63, 3.8) is 0 Å². The van der Waals surface area contributed by atoms with Crippen LogP contribution in [-0.2, 0) is 12.8 Å². The summed E-state index contributed by atoms with van der Waals surface area (Å²) in [5, 5.41) is 12.6. The van der Waals surface area contributed by atoms with Crippen LogP contribution < -0.4 is 0 Å². The zero-order valence-corrected chi connectivity index (χ0v) is 8.48. The predicted octanol–water partition coefficient (Wildman–Crippen LogP) is 2.24. The molecule has 80 valence electrons. The van der Waals surface area contributed by atoms with Gasteiger partial charge in [-0.2, -0.15) is 0 Å². The fourth-order valence-corrected chi connectivity index (χ4v) is 2.07. The zero-order valence-electron chi connectivity index (χ0n) is 8.48. The van der Waals surface area contributed by atoms with E-state index < -0.39 is 6.04 Å². The van der Waals surface area contributed by atoms with E-state index in [1.165, 1.54) is 24.1 Å². The fraction of sp³-hybridized carbons (Fsp3) is 0.600. The van der Waals surface area contributed by atoms with E-state index in [-0.39, 0.29) is 6.61 Å². The Hall–Kier alpha value is -1.45. The van der Waals surface area contributed by atoms with Crippen molar-refractivity contribution in [2.45, 2.75) is 31.7 Å². The van der Waals surface area contributed by atoms with Crippen LogP contribution in [0.25, 0.3) is 10.4 Å². The molecule has 1 atom stereocenters. The van der Waals surface area contributed by atoms with E-state index in [1.807, 2.05) is 6.07 Å². The van der Waals surface area contributed by atoms with Gasteiger partial charge in [-0.25, -0.2) is 0 Å². The third-order valence-corrected chi connectivity index (χ3v) is 2.86. The van der Waals surface area contributed by atoms with Crippen molar-refractivity contribution in [3.05, 3.63) is 33.5 Å². The third-order valence-electron chi connectivity index (χ3n) is 2.86. The molecule has 1 heterocycles. The van der Waals surface area contributed by atoms with Crippen LogP contribution in [0, 0.1) is 0 Å². The number of hydrogen-bond acceptors (Lipinski definition) is 2. The minimum Gasteiger partial charge on any atom is -0.396 e. The Kier molecular flexibility index (Phi) is 2.94. The van der Waals surface area contributed by atoms with Gasteiger partial charge in [-0.3, -0.25) is 0 Å². The van der Waals surface area contributed by atoms with Crippen LogP contribution in [0.2, 0.25) is 0 Å². The quantitative estimate of drug-likeness (QED) is 0.443. The first-order chi connectivity index (χ1) is 7.35. The van der Waals surface area contributed by atoms with Gasteiger partial charge in [0, 0.05) is 16.3 Å². The molecule has 5 heteroatoms. The van der Waals surface area contributed by atoms with Crippen LogP contribution >= 0.6 is 0 Å².